The quantitative estimate of drug-likeness (QED) is 0.846. The fraction of sp³-hybridized carbons (Fsp3) is 0.375. The third kappa shape index (κ3) is 2.34. The molecule has 1 aromatic heterocycles. The van der Waals surface area contributed by atoms with Crippen molar-refractivity contribution < 1.29 is 0 Å². The highest BCUT2D eigenvalue weighted by atomic mass is 32.2. The summed E-state index contributed by atoms with van der Waals surface area (Å²) in [4.78, 5) is 6.76. The lowest BCUT2D eigenvalue weighted by Gasteiger charge is -2.34. The van der Waals surface area contributed by atoms with Crippen molar-refractivity contribution in [3.8, 4) is 6.07 Å². The Morgan fingerprint density at radius 3 is 3.10 bits per heavy atom. The maximum absolute atomic E-state index is 9.41. The van der Waals surface area contributed by atoms with Gasteiger partial charge in [-0.25, -0.2) is 0 Å². The minimum atomic E-state index is 0.655. The van der Waals surface area contributed by atoms with Gasteiger partial charge in [0, 0.05) is 35.7 Å². The number of hydrogen-bond donors (Lipinski definition) is 0. The first-order valence-corrected chi connectivity index (χ1v) is 8.02. The molecule has 2 aromatic rings. The van der Waals surface area contributed by atoms with Gasteiger partial charge in [0.25, 0.3) is 0 Å². The van der Waals surface area contributed by atoms with E-state index in [0.717, 1.165) is 35.4 Å². The van der Waals surface area contributed by atoms with Crippen molar-refractivity contribution in [2.75, 3.05) is 23.7 Å². The third-order valence-electron chi connectivity index (χ3n) is 3.78. The van der Waals surface area contributed by atoms with E-state index in [1.54, 1.807) is 6.20 Å². The Morgan fingerprint density at radius 1 is 1.45 bits per heavy atom. The Balaban J connectivity index is 2.11. The predicted molar refractivity (Wildman–Crippen MR) is 85.2 cm³/mol. The number of pyridine rings is 1. The van der Waals surface area contributed by atoms with Crippen LogP contribution in [0.5, 0.6) is 0 Å². The molecule has 1 fully saturated rings. The van der Waals surface area contributed by atoms with Crippen LogP contribution in [0.3, 0.4) is 0 Å². The van der Waals surface area contributed by atoms with E-state index in [1.165, 1.54) is 6.42 Å². The summed E-state index contributed by atoms with van der Waals surface area (Å²) >= 11 is 2.04. The summed E-state index contributed by atoms with van der Waals surface area (Å²) in [7, 11) is 0. The molecule has 0 aliphatic carbocycles. The molecule has 0 radical (unpaired) electrons. The average molecular weight is 283 g/mol. The molecule has 102 valence electrons. The zero-order valence-corrected chi connectivity index (χ0v) is 12.4. The van der Waals surface area contributed by atoms with Crippen LogP contribution in [-0.2, 0) is 0 Å². The van der Waals surface area contributed by atoms with Gasteiger partial charge in [0.2, 0.25) is 0 Å². The summed E-state index contributed by atoms with van der Waals surface area (Å²) < 4.78 is 0. The maximum Gasteiger partial charge on any atom is 0.103 e. The second-order valence-electron chi connectivity index (χ2n) is 5.00. The molecule has 1 aliphatic heterocycles. The summed E-state index contributed by atoms with van der Waals surface area (Å²) in [6.45, 7) is 4.25. The lowest BCUT2D eigenvalue weighted by atomic mass is 10.1. The SMILES string of the molecule is CCC1CN(c2c(C#N)cnc3ccccc23)CCS1. The van der Waals surface area contributed by atoms with Gasteiger partial charge in [-0.3, -0.25) is 4.98 Å². The van der Waals surface area contributed by atoms with Crippen LogP contribution in [0.25, 0.3) is 10.9 Å². The van der Waals surface area contributed by atoms with Gasteiger partial charge < -0.3 is 4.90 Å². The van der Waals surface area contributed by atoms with E-state index in [9.17, 15) is 5.26 Å². The molecule has 1 aliphatic rings. The molecule has 1 unspecified atom stereocenters. The van der Waals surface area contributed by atoms with Crippen molar-refractivity contribution >= 4 is 28.4 Å². The smallest absolute Gasteiger partial charge is 0.103 e. The van der Waals surface area contributed by atoms with Crippen molar-refractivity contribution in [1.82, 2.24) is 4.98 Å². The summed E-state index contributed by atoms with van der Waals surface area (Å²) in [6, 6.07) is 10.4. The minimum Gasteiger partial charge on any atom is -0.368 e. The highest BCUT2D eigenvalue weighted by Crippen LogP contribution is 2.33. The lowest BCUT2D eigenvalue weighted by Crippen LogP contribution is -2.38. The summed E-state index contributed by atoms with van der Waals surface area (Å²) in [5.74, 6) is 1.13. The fourth-order valence-electron chi connectivity index (χ4n) is 2.72. The molecule has 0 bridgehead atoms. The van der Waals surface area contributed by atoms with Crippen molar-refractivity contribution in [2.45, 2.75) is 18.6 Å². The Bertz CT molecular complexity index is 662. The van der Waals surface area contributed by atoms with Crippen molar-refractivity contribution in [2.24, 2.45) is 0 Å². The molecule has 3 rings (SSSR count). The molecule has 1 aromatic carbocycles. The van der Waals surface area contributed by atoms with Gasteiger partial charge in [-0.15, -0.1) is 0 Å². The molecule has 1 saturated heterocycles. The standard InChI is InChI=1S/C16H17N3S/c1-2-13-11-19(7-8-20-13)16-12(9-17)10-18-15-6-4-3-5-14(15)16/h3-6,10,13H,2,7-8,11H2,1H3. The number of fused-ring (bicyclic) bond motifs is 1. The monoisotopic (exact) mass is 283 g/mol. The molecule has 0 N–H and O–H groups in total. The van der Waals surface area contributed by atoms with E-state index in [0.29, 0.717) is 10.8 Å². The molecule has 3 nitrogen and oxygen atoms in total. The van der Waals surface area contributed by atoms with E-state index in [-0.39, 0.29) is 0 Å². The topological polar surface area (TPSA) is 39.9 Å². The van der Waals surface area contributed by atoms with Gasteiger partial charge in [-0.05, 0) is 12.5 Å². The largest absolute Gasteiger partial charge is 0.368 e. The minimum absolute atomic E-state index is 0.655. The Morgan fingerprint density at radius 2 is 2.30 bits per heavy atom. The Kier molecular flexibility index (Phi) is 3.79. The number of hydrogen-bond acceptors (Lipinski definition) is 4. The number of benzene rings is 1. The van der Waals surface area contributed by atoms with E-state index >= 15 is 0 Å². The number of thioether (sulfide) groups is 1. The zero-order valence-electron chi connectivity index (χ0n) is 11.5. The number of para-hydroxylation sites is 1. The molecule has 0 spiro atoms. The van der Waals surface area contributed by atoms with Crippen LogP contribution in [0.15, 0.2) is 30.5 Å². The van der Waals surface area contributed by atoms with Crippen LogP contribution in [0, 0.1) is 11.3 Å². The lowest BCUT2D eigenvalue weighted by molar-refractivity contribution is 0.729. The number of aromatic nitrogens is 1. The van der Waals surface area contributed by atoms with E-state index in [1.807, 2.05) is 30.0 Å². The van der Waals surface area contributed by atoms with E-state index < -0.39 is 0 Å². The van der Waals surface area contributed by atoms with Gasteiger partial charge in [0.1, 0.15) is 6.07 Å². The van der Waals surface area contributed by atoms with Gasteiger partial charge in [-0.2, -0.15) is 17.0 Å². The number of nitrogens with zero attached hydrogens (tertiary/aromatic N) is 3. The maximum atomic E-state index is 9.41. The summed E-state index contributed by atoms with van der Waals surface area (Å²) in [6.07, 6.45) is 2.88. The van der Waals surface area contributed by atoms with E-state index in [4.69, 9.17) is 0 Å². The molecule has 1 atom stereocenters. The zero-order chi connectivity index (χ0) is 13.9. The van der Waals surface area contributed by atoms with Gasteiger partial charge >= 0.3 is 0 Å². The highest BCUT2D eigenvalue weighted by molar-refractivity contribution is 8.00. The molecule has 20 heavy (non-hydrogen) atoms. The second-order valence-corrected chi connectivity index (χ2v) is 6.40. The van der Waals surface area contributed by atoms with Crippen molar-refractivity contribution in [3.05, 3.63) is 36.0 Å². The van der Waals surface area contributed by atoms with Crippen LogP contribution >= 0.6 is 11.8 Å². The Labute approximate surface area is 123 Å². The average Bonchev–Trinajstić information content (AvgIpc) is 2.53. The molecule has 4 heteroatoms. The summed E-state index contributed by atoms with van der Waals surface area (Å²) in [5.41, 5.74) is 2.72. The van der Waals surface area contributed by atoms with Crippen LogP contribution in [0.2, 0.25) is 0 Å². The third-order valence-corrected chi connectivity index (χ3v) is 5.15. The predicted octanol–water partition coefficient (Wildman–Crippen LogP) is 3.44. The van der Waals surface area contributed by atoms with Gasteiger partial charge in [0.15, 0.2) is 0 Å². The first-order chi connectivity index (χ1) is 9.83. The molecule has 0 saturated carbocycles. The summed E-state index contributed by atoms with van der Waals surface area (Å²) in [5, 5.41) is 11.2. The molecular weight excluding hydrogens is 266 g/mol. The number of nitriles is 1. The van der Waals surface area contributed by atoms with Crippen LogP contribution in [0.4, 0.5) is 5.69 Å². The van der Waals surface area contributed by atoms with Crippen molar-refractivity contribution in [1.29, 1.82) is 5.26 Å². The first-order valence-electron chi connectivity index (χ1n) is 6.98. The highest BCUT2D eigenvalue weighted by Gasteiger charge is 2.23. The first kappa shape index (κ1) is 13.3. The van der Waals surface area contributed by atoms with Gasteiger partial charge in [0.05, 0.1) is 16.8 Å². The number of rotatable bonds is 2. The Hall–Kier alpha value is -1.73. The van der Waals surface area contributed by atoms with Crippen LogP contribution in [-0.4, -0.2) is 29.1 Å². The van der Waals surface area contributed by atoms with Crippen LogP contribution < -0.4 is 4.90 Å². The van der Waals surface area contributed by atoms with Crippen molar-refractivity contribution in [3.63, 3.8) is 0 Å². The molecule has 0 amide bonds. The molecular formula is C16H17N3S. The second kappa shape index (κ2) is 5.72. The number of anilines is 1. The van der Waals surface area contributed by atoms with Gasteiger partial charge in [-0.1, -0.05) is 25.1 Å². The van der Waals surface area contributed by atoms with Crippen LogP contribution in [0.1, 0.15) is 18.9 Å². The fourth-order valence-corrected chi connectivity index (χ4v) is 3.90. The molecule has 2 heterocycles. The van der Waals surface area contributed by atoms with E-state index in [2.05, 4.69) is 28.9 Å². The normalized spacial score (nSPS) is 19.0.